The number of carbonyl (C=O) groups excluding carboxylic acids is 3. The molecule has 2 aliphatic rings. The van der Waals surface area contributed by atoms with Gasteiger partial charge in [0.05, 0.1) is 17.0 Å². The van der Waals surface area contributed by atoms with Gasteiger partial charge in [-0.2, -0.15) is 0 Å². The summed E-state index contributed by atoms with van der Waals surface area (Å²) < 4.78 is 0. The molecule has 2 fully saturated rings. The van der Waals surface area contributed by atoms with Gasteiger partial charge in [-0.05, 0) is 66.8 Å². The zero-order chi connectivity index (χ0) is 25.8. The van der Waals surface area contributed by atoms with Gasteiger partial charge in [0.2, 0.25) is 5.91 Å². The number of thioether (sulfide) groups is 1. The van der Waals surface area contributed by atoms with E-state index in [0.717, 1.165) is 43.5 Å². The molecule has 2 saturated heterocycles. The lowest BCUT2D eigenvalue weighted by Gasteiger charge is -2.27. The molecule has 6 nitrogen and oxygen atoms in total. The van der Waals surface area contributed by atoms with Crippen molar-refractivity contribution in [2.24, 2.45) is 0 Å². The Morgan fingerprint density at radius 1 is 0.919 bits per heavy atom. The van der Waals surface area contributed by atoms with Crippen molar-refractivity contribution in [3.63, 3.8) is 0 Å². The van der Waals surface area contributed by atoms with E-state index in [0.29, 0.717) is 34.1 Å². The van der Waals surface area contributed by atoms with E-state index in [1.54, 1.807) is 36.0 Å². The lowest BCUT2D eigenvalue weighted by atomic mass is 10.1. The molecule has 1 N–H and O–H groups in total. The number of anilines is 1. The Bertz CT molecular complexity index is 1290. The average molecular weight is 534 g/mol. The molecule has 3 aromatic carbocycles. The van der Waals surface area contributed by atoms with Crippen molar-refractivity contribution in [1.29, 1.82) is 0 Å². The third-order valence-corrected chi connectivity index (χ3v) is 8.25. The molecular weight excluding hydrogens is 506 g/mol. The SMILES string of the molecule is O=C(Nc1ccccc1C(=O)N1CCCCC1)c1ccc([C@H]2SCC(=O)N2Cc2ccc(Cl)cc2)cc1. The molecule has 0 bridgehead atoms. The first kappa shape index (κ1) is 25.4. The molecule has 0 radical (unpaired) electrons. The smallest absolute Gasteiger partial charge is 0.255 e. The Hall–Kier alpha value is -3.29. The molecule has 0 aromatic heterocycles. The number of hydrogen-bond donors (Lipinski definition) is 1. The summed E-state index contributed by atoms with van der Waals surface area (Å²) in [6, 6.07) is 22.0. The summed E-state index contributed by atoms with van der Waals surface area (Å²) in [4.78, 5) is 42.4. The Kier molecular flexibility index (Phi) is 7.82. The highest BCUT2D eigenvalue weighted by molar-refractivity contribution is 8.00. The van der Waals surface area contributed by atoms with Crippen molar-refractivity contribution in [1.82, 2.24) is 9.80 Å². The van der Waals surface area contributed by atoms with Gasteiger partial charge in [-0.25, -0.2) is 0 Å². The molecule has 190 valence electrons. The number of likely N-dealkylation sites (tertiary alicyclic amines) is 1. The maximum atomic E-state index is 13.1. The molecule has 0 spiro atoms. The number of rotatable bonds is 6. The monoisotopic (exact) mass is 533 g/mol. The normalized spacial score (nSPS) is 17.6. The van der Waals surface area contributed by atoms with Crippen LogP contribution in [0.5, 0.6) is 0 Å². The van der Waals surface area contributed by atoms with Gasteiger partial charge in [0, 0.05) is 30.2 Å². The van der Waals surface area contributed by atoms with E-state index >= 15 is 0 Å². The number of piperidine rings is 1. The fourth-order valence-electron chi connectivity index (χ4n) is 4.73. The molecule has 0 aliphatic carbocycles. The van der Waals surface area contributed by atoms with Gasteiger partial charge in [0.25, 0.3) is 11.8 Å². The third kappa shape index (κ3) is 5.84. The average Bonchev–Trinajstić information content (AvgIpc) is 3.30. The number of nitrogens with zero attached hydrogens (tertiary/aromatic N) is 2. The maximum Gasteiger partial charge on any atom is 0.255 e. The number of amides is 3. The summed E-state index contributed by atoms with van der Waals surface area (Å²) in [5.41, 5.74) is 3.48. The third-order valence-electron chi connectivity index (χ3n) is 6.74. The zero-order valence-corrected chi connectivity index (χ0v) is 21.9. The highest BCUT2D eigenvalue weighted by atomic mass is 35.5. The number of benzene rings is 3. The van der Waals surface area contributed by atoms with E-state index in [4.69, 9.17) is 11.6 Å². The number of halogens is 1. The van der Waals surface area contributed by atoms with Crippen LogP contribution in [-0.4, -0.2) is 46.4 Å². The summed E-state index contributed by atoms with van der Waals surface area (Å²) in [7, 11) is 0. The summed E-state index contributed by atoms with van der Waals surface area (Å²) in [5, 5.41) is 3.46. The Morgan fingerprint density at radius 3 is 2.35 bits per heavy atom. The molecule has 0 unspecified atom stereocenters. The van der Waals surface area contributed by atoms with Crippen LogP contribution in [0.1, 0.15) is 56.5 Å². The van der Waals surface area contributed by atoms with Crippen LogP contribution in [0.25, 0.3) is 0 Å². The quantitative estimate of drug-likeness (QED) is 0.422. The minimum Gasteiger partial charge on any atom is -0.339 e. The summed E-state index contributed by atoms with van der Waals surface area (Å²) in [6.07, 6.45) is 3.16. The second-order valence-corrected chi connectivity index (χ2v) is 10.8. The predicted octanol–water partition coefficient (Wildman–Crippen LogP) is 5.99. The van der Waals surface area contributed by atoms with Crippen LogP contribution < -0.4 is 5.32 Å². The second-order valence-electron chi connectivity index (χ2n) is 9.29. The van der Waals surface area contributed by atoms with Crippen LogP contribution in [0.2, 0.25) is 5.02 Å². The van der Waals surface area contributed by atoms with Crippen LogP contribution in [0, 0.1) is 0 Å². The number of hydrogen-bond acceptors (Lipinski definition) is 4. The summed E-state index contributed by atoms with van der Waals surface area (Å²) in [5.74, 6) is 0.178. The molecule has 2 aliphatic heterocycles. The molecule has 1 atom stereocenters. The molecular formula is C29H28ClN3O3S. The Labute approximate surface area is 226 Å². The maximum absolute atomic E-state index is 13.1. The van der Waals surface area contributed by atoms with Gasteiger partial charge >= 0.3 is 0 Å². The van der Waals surface area contributed by atoms with Crippen molar-refractivity contribution in [2.75, 3.05) is 24.2 Å². The van der Waals surface area contributed by atoms with Gasteiger partial charge in [-0.15, -0.1) is 11.8 Å². The molecule has 3 amide bonds. The summed E-state index contributed by atoms with van der Waals surface area (Å²) >= 11 is 7.57. The van der Waals surface area contributed by atoms with E-state index in [-0.39, 0.29) is 23.1 Å². The van der Waals surface area contributed by atoms with Gasteiger partial charge in [0.15, 0.2) is 0 Å². The Morgan fingerprint density at radius 2 is 1.62 bits per heavy atom. The van der Waals surface area contributed by atoms with E-state index < -0.39 is 0 Å². The molecule has 37 heavy (non-hydrogen) atoms. The molecule has 8 heteroatoms. The van der Waals surface area contributed by atoms with Crippen LogP contribution in [0.15, 0.2) is 72.8 Å². The van der Waals surface area contributed by atoms with Crippen LogP contribution in [0.3, 0.4) is 0 Å². The standard InChI is InChI=1S/C29H28ClN3O3S/c30-23-14-8-20(9-15-23)18-33-26(34)19-37-29(33)22-12-10-21(11-13-22)27(35)31-25-7-3-2-6-24(25)28(36)32-16-4-1-5-17-32/h2-3,6-15,29H,1,4-5,16-19H2,(H,31,35)/t29-/m1/s1. The minimum absolute atomic E-state index is 0.0466. The number of para-hydroxylation sites is 1. The first-order valence-electron chi connectivity index (χ1n) is 12.4. The molecule has 2 heterocycles. The number of nitrogens with one attached hydrogen (secondary N) is 1. The lowest BCUT2D eigenvalue weighted by molar-refractivity contribution is -0.128. The van der Waals surface area contributed by atoms with Gasteiger partial charge in [-0.3, -0.25) is 14.4 Å². The minimum atomic E-state index is -0.279. The van der Waals surface area contributed by atoms with E-state index in [1.165, 1.54) is 0 Å². The van der Waals surface area contributed by atoms with Crippen LogP contribution in [0.4, 0.5) is 5.69 Å². The van der Waals surface area contributed by atoms with Gasteiger partial charge in [-0.1, -0.05) is 48.0 Å². The largest absolute Gasteiger partial charge is 0.339 e. The van der Waals surface area contributed by atoms with Crippen molar-refractivity contribution >= 4 is 46.8 Å². The first-order valence-corrected chi connectivity index (χ1v) is 13.9. The fraction of sp³-hybridized carbons (Fsp3) is 0.276. The first-order chi connectivity index (χ1) is 18.0. The van der Waals surface area contributed by atoms with E-state index in [1.807, 2.05) is 58.3 Å². The van der Waals surface area contributed by atoms with Crippen LogP contribution >= 0.6 is 23.4 Å². The van der Waals surface area contributed by atoms with Crippen LogP contribution in [-0.2, 0) is 11.3 Å². The molecule has 3 aromatic rings. The van der Waals surface area contributed by atoms with Crippen molar-refractivity contribution in [2.45, 2.75) is 31.2 Å². The van der Waals surface area contributed by atoms with Crippen molar-refractivity contribution in [3.05, 3.63) is 100 Å². The zero-order valence-electron chi connectivity index (χ0n) is 20.4. The van der Waals surface area contributed by atoms with Gasteiger partial charge < -0.3 is 15.1 Å². The van der Waals surface area contributed by atoms with E-state index in [9.17, 15) is 14.4 Å². The summed E-state index contributed by atoms with van der Waals surface area (Å²) in [6.45, 7) is 2.00. The topological polar surface area (TPSA) is 69.7 Å². The highest BCUT2D eigenvalue weighted by Gasteiger charge is 2.33. The lowest BCUT2D eigenvalue weighted by Crippen LogP contribution is -2.36. The number of carbonyl (C=O) groups is 3. The van der Waals surface area contributed by atoms with Crippen molar-refractivity contribution < 1.29 is 14.4 Å². The molecule has 5 rings (SSSR count). The fourth-order valence-corrected chi connectivity index (χ4v) is 6.04. The predicted molar refractivity (Wildman–Crippen MR) is 148 cm³/mol. The Balaban J connectivity index is 1.28. The second kappa shape index (κ2) is 11.4. The van der Waals surface area contributed by atoms with E-state index in [2.05, 4.69) is 5.32 Å². The van der Waals surface area contributed by atoms with Crippen molar-refractivity contribution in [3.8, 4) is 0 Å². The highest BCUT2D eigenvalue weighted by Crippen LogP contribution is 2.39. The van der Waals surface area contributed by atoms with Gasteiger partial charge in [0.1, 0.15) is 5.37 Å². The molecule has 0 saturated carbocycles.